The van der Waals surface area contributed by atoms with Crippen LogP contribution in [0.5, 0.6) is 0 Å². The van der Waals surface area contributed by atoms with Crippen molar-refractivity contribution < 1.29 is 67.7 Å². The van der Waals surface area contributed by atoms with Gasteiger partial charge in [-0.1, -0.05) is 74.5 Å². The molecule has 2 aromatic carbocycles. The molecule has 1 atom stereocenters. The summed E-state index contributed by atoms with van der Waals surface area (Å²) in [6.07, 6.45) is 0.642. The summed E-state index contributed by atoms with van der Waals surface area (Å²) in [5.74, 6) is -0.426. The fraction of sp³-hybridized carbons (Fsp3) is 0.292. The fourth-order valence-electron chi connectivity index (χ4n) is 2.70. The predicted molar refractivity (Wildman–Crippen MR) is 124 cm³/mol. The number of hydrogen-bond donors (Lipinski definition) is 1. The normalized spacial score (nSPS) is 10.4. The molecule has 1 N–H and O–H groups in total. The standard InChI is InChI=1S/C21H22N2O2S.C2H6.CH3.Rb/c1-2-25-20(24)18(13-16-9-5-3-6-10-16)14-22-21-23-19(15-26-21)17-11-7-4-8-12-17;1-2;;/h3-12,15,18H,2,13-14H2,1H3,(H,22,23);1-2H3;1H3;/q;;-1;+1. The molecule has 0 spiro atoms. The molecule has 4 nitrogen and oxygen atoms in total. The van der Waals surface area contributed by atoms with Crippen molar-refractivity contribution >= 4 is 22.4 Å². The van der Waals surface area contributed by atoms with E-state index in [1.54, 1.807) is 11.3 Å². The van der Waals surface area contributed by atoms with Crippen molar-refractivity contribution in [2.75, 3.05) is 18.5 Å². The maximum absolute atomic E-state index is 12.3. The molecule has 0 aliphatic carbocycles. The molecule has 3 rings (SSSR count). The average molecular weight is 497 g/mol. The number of thiazole rings is 1. The van der Waals surface area contributed by atoms with Gasteiger partial charge in [0.25, 0.3) is 0 Å². The molecule has 0 saturated carbocycles. The first-order valence-electron chi connectivity index (χ1n) is 9.71. The number of carbonyl (C=O) groups excluding carboxylic acids is 1. The van der Waals surface area contributed by atoms with Crippen LogP contribution in [0.3, 0.4) is 0 Å². The molecule has 3 aromatic rings. The van der Waals surface area contributed by atoms with Crippen LogP contribution in [0.4, 0.5) is 5.13 Å². The zero-order valence-corrected chi connectivity index (χ0v) is 24.5. The number of anilines is 1. The summed E-state index contributed by atoms with van der Waals surface area (Å²) in [4.78, 5) is 16.9. The number of rotatable bonds is 8. The van der Waals surface area contributed by atoms with Gasteiger partial charge in [-0.2, -0.15) is 0 Å². The van der Waals surface area contributed by atoms with E-state index in [1.165, 1.54) is 0 Å². The Labute approximate surface area is 234 Å². The summed E-state index contributed by atoms with van der Waals surface area (Å²) in [6, 6.07) is 20.1. The Bertz CT molecular complexity index is 825. The van der Waals surface area contributed by atoms with Gasteiger partial charge < -0.3 is 17.5 Å². The van der Waals surface area contributed by atoms with E-state index in [4.69, 9.17) is 4.74 Å². The Hall–Kier alpha value is -0.855. The van der Waals surface area contributed by atoms with Crippen LogP contribution in [-0.4, -0.2) is 24.1 Å². The maximum atomic E-state index is 12.3. The van der Waals surface area contributed by atoms with Gasteiger partial charge in [-0.3, -0.25) is 4.79 Å². The quantitative estimate of drug-likeness (QED) is 0.384. The van der Waals surface area contributed by atoms with Gasteiger partial charge in [0.2, 0.25) is 0 Å². The monoisotopic (exact) mass is 496 g/mol. The van der Waals surface area contributed by atoms with E-state index in [0.717, 1.165) is 22.0 Å². The van der Waals surface area contributed by atoms with Gasteiger partial charge >= 0.3 is 64.2 Å². The first-order chi connectivity index (χ1) is 13.8. The van der Waals surface area contributed by atoms with Crippen LogP contribution in [0.1, 0.15) is 26.3 Å². The Kier molecular flexibility index (Phi) is 16.3. The molecular formula is C24H31N2O2RbS. The molecule has 0 saturated heterocycles. The van der Waals surface area contributed by atoms with Crippen molar-refractivity contribution in [3.63, 3.8) is 0 Å². The van der Waals surface area contributed by atoms with Crippen molar-refractivity contribution in [2.24, 2.45) is 5.92 Å². The minimum Gasteiger partial charge on any atom is -0.466 e. The topological polar surface area (TPSA) is 51.2 Å². The number of nitrogens with zero attached hydrogens (tertiary/aromatic N) is 1. The molecule has 1 aromatic heterocycles. The number of hydrogen-bond acceptors (Lipinski definition) is 5. The van der Waals surface area contributed by atoms with Crippen molar-refractivity contribution in [3.8, 4) is 11.3 Å². The van der Waals surface area contributed by atoms with Gasteiger partial charge in [0.1, 0.15) is 0 Å². The Balaban J connectivity index is 0.00000204. The summed E-state index contributed by atoms with van der Waals surface area (Å²) < 4.78 is 5.24. The number of aromatic nitrogens is 1. The van der Waals surface area contributed by atoms with E-state index in [2.05, 4.69) is 10.3 Å². The molecule has 0 aliphatic rings. The molecule has 156 valence electrons. The second kappa shape index (κ2) is 16.8. The third kappa shape index (κ3) is 9.52. The molecule has 6 heteroatoms. The summed E-state index contributed by atoms with van der Waals surface area (Å²) in [5.41, 5.74) is 3.15. The van der Waals surface area contributed by atoms with E-state index in [0.29, 0.717) is 19.6 Å². The second-order valence-corrected chi connectivity index (χ2v) is 6.78. The first-order valence-corrected chi connectivity index (χ1v) is 10.6. The summed E-state index contributed by atoms with van der Waals surface area (Å²) in [7, 11) is 0. The van der Waals surface area contributed by atoms with Gasteiger partial charge in [-0.05, 0) is 18.9 Å². The smallest absolute Gasteiger partial charge is 0.466 e. The molecule has 0 bridgehead atoms. The third-order valence-electron chi connectivity index (χ3n) is 4.02. The summed E-state index contributed by atoms with van der Waals surface area (Å²) >= 11 is 1.54. The second-order valence-electron chi connectivity index (χ2n) is 5.92. The van der Waals surface area contributed by atoms with E-state index in [9.17, 15) is 4.79 Å². The molecule has 30 heavy (non-hydrogen) atoms. The molecule has 0 fully saturated rings. The van der Waals surface area contributed by atoms with Crippen LogP contribution < -0.4 is 63.5 Å². The van der Waals surface area contributed by atoms with Gasteiger partial charge in [0.15, 0.2) is 5.13 Å². The minimum atomic E-state index is -0.249. The van der Waals surface area contributed by atoms with E-state index in [-0.39, 0.29) is 77.5 Å². The van der Waals surface area contributed by atoms with Crippen LogP contribution in [0.2, 0.25) is 0 Å². The van der Waals surface area contributed by atoms with Crippen LogP contribution in [-0.2, 0) is 16.0 Å². The largest absolute Gasteiger partial charge is 1.00 e. The molecule has 1 heterocycles. The van der Waals surface area contributed by atoms with E-state index < -0.39 is 0 Å². The Morgan fingerprint density at radius 3 is 2.27 bits per heavy atom. The summed E-state index contributed by atoms with van der Waals surface area (Å²) in [6.45, 7) is 6.72. The Morgan fingerprint density at radius 2 is 1.67 bits per heavy atom. The van der Waals surface area contributed by atoms with Crippen LogP contribution >= 0.6 is 11.3 Å². The van der Waals surface area contributed by atoms with Crippen LogP contribution in [0, 0.1) is 13.3 Å². The molecule has 0 amide bonds. The summed E-state index contributed by atoms with van der Waals surface area (Å²) in [5, 5.41) is 6.13. The van der Waals surface area contributed by atoms with Crippen LogP contribution in [0.15, 0.2) is 66.0 Å². The van der Waals surface area contributed by atoms with Crippen molar-refractivity contribution in [3.05, 3.63) is 79.0 Å². The number of carbonyl (C=O) groups is 1. The maximum Gasteiger partial charge on any atom is 1.00 e. The third-order valence-corrected chi connectivity index (χ3v) is 4.82. The van der Waals surface area contributed by atoms with E-state index >= 15 is 0 Å². The molecule has 0 aliphatic heterocycles. The van der Waals surface area contributed by atoms with E-state index in [1.807, 2.05) is 86.8 Å². The van der Waals surface area contributed by atoms with Gasteiger partial charge in [-0.15, -0.1) is 11.3 Å². The SMILES string of the molecule is CC.CCOC(=O)C(CNc1nc(-c2ccccc2)cs1)Cc1ccccc1.[CH3-].[Rb+]. The Morgan fingerprint density at radius 1 is 1.07 bits per heavy atom. The number of ether oxygens (including phenoxy) is 1. The van der Waals surface area contributed by atoms with Crippen LogP contribution in [0.25, 0.3) is 11.3 Å². The minimum absolute atomic E-state index is 0. The van der Waals surface area contributed by atoms with Crippen molar-refractivity contribution in [2.45, 2.75) is 27.2 Å². The van der Waals surface area contributed by atoms with Gasteiger partial charge in [-0.25, -0.2) is 4.98 Å². The fourth-order valence-corrected chi connectivity index (χ4v) is 3.43. The average Bonchev–Trinajstić information content (AvgIpc) is 3.23. The van der Waals surface area contributed by atoms with Crippen molar-refractivity contribution in [1.82, 2.24) is 4.98 Å². The molecule has 0 radical (unpaired) electrons. The number of nitrogens with one attached hydrogen (secondary N) is 1. The molecular weight excluding hydrogens is 466 g/mol. The van der Waals surface area contributed by atoms with Crippen molar-refractivity contribution in [1.29, 1.82) is 0 Å². The predicted octanol–water partition coefficient (Wildman–Crippen LogP) is 3.12. The number of esters is 1. The first kappa shape index (κ1) is 29.1. The van der Waals surface area contributed by atoms with Gasteiger partial charge in [0.05, 0.1) is 18.2 Å². The zero-order chi connectivity index (χ0) is 20.2. The zero-order valence-electron chi connectivity index (χ0n) is 18.7. The number of benzene rings is 2. The van der Waals surface area contributed by atoms with Gasteiger partial charge in [0, 0.05) is 17.5 Å². The molecule has 1 unspecified atom stereocenters.